The number of aromatic nitrogens is 2. The highest BCUT2D eigenvalue weighted by Crippen LogP contribution is 2.27. The first-order chi connectivity index (χ1) is 7.81. The largest absolute Gasteiger partial charge is 0.395 e. The first-order valence-corrected chi connectivity index (χ1v) is 5.67. The average molecular weight is 223 g/mol. The summed E-state index contributed by atoms with van der Waals surface area (Å²) in [6, 6.07) is 0.377. The second kappa shape index (κ2) is 5.12. The van der Waals surface area contributed by atoms with Crippen LogP contribution in [0.5, 0.6) is 0 Å². The van der Waals surface area contributed by atoms with Crippen LogP contribution < -0.4 is 0 Å². The summed E-state index contributed by atoms with van der Waals surface area (Å²) in [5.74, 6) is 0.130. The normalized spacial score (nSPS) is 15.1. The Bertz CT molecular complexity index is 333. The van der Waals surface area contributed by atoms with E-state index < -0.39 is 0 Å². The fourth-order valence-electron chi connectivity index (χ4n) is 1.79. The number of aliphatic hydroxyl groups excluding tert-OH is 1. The number of carbonyl (C=O) groups is 1. The van der Waals surface area contributed by atoms with Crippen LogP contribution in [0.25, 0.3) is 0 Å². The van der Waals surface area contributed by atoms with Gasteiger partial charge in [-0.3, -0.25) is 4.79 Å². The van der Waals surface area contributed by atoms with Crippen LogP contribution in [0.4, 0.5) is 0 Å². The number of aliphatic hydroxyl groups is 1. The van der Waals surface area contributed by atoms with E-state index in [1.54, 1.807) is 17.4 Å². The molecule has 1 saturated carbocycles. The van der Waals surface area contributed by atoms with Crippen molar-refractivity contribution >= 4 is 5.91 Å². The maximum absolute atomic E-state index is 11.9. The highest BCUT2D eigenvalue weighted by Gasteiger charge is 2.31. The predicted octanol–water partition coefficient (Wildman–Crippen LogP) is 0.257. The number of hydrogen-bond donors (Lipinski definition) is 1. The molecule has 0 saturated heterocycles. The minimum atomic E-state index is 0.0489. The lowest BCUT2D eigenvalue weighted by atomic mass is 10.3. The van der Waals surface area contributed by atoms with Crippen LogP contribution in [0, 0.1) is 0 Å². The van der Waals surface area contributed by atoms with Gasteiger partial charge >= 0.3 is 0 Å². The molecule has 1 aromatic heterocycles. The molecule has 5 heteroatoms. The zero-order valence-corrected chi connectivity index (χ0v) is 9.25. The number of rotatable bonds is 6. The number of hydrogen-bond acceptors (Lipinski definition) is 3. The summed E-state index contributed by atoms with van der Waals surface area (Å²) in [5, 5.41) is 8.91. The van der Waals surface area contributed by atoms with E-state index in [1.165, 1.54) is 0 Å². The van der Waals surface area contributed by atoms with Gasteiger partial charge < -0.3 is 14.6 Å². The number of amides is 1. The van der Waals surface area contributed by atoms with Crippen molar-refractivity contribution in [3.05, 3.63) is 18.7 Å². The molecule has 0 radical (unpaired) electrons. The van der Waals surface area contributed by atoms with Gasteiger partial charge in [0.05, 0.1) is 12.9 Å². The molecule has 0 unspecified atom stereocenters. The van der Waals surface area contributed by atoms with Gasteiger partial charge in [-0.2, -0.15) is 0 Å². The summed E-state index contributed by atoms with van der Waals surface area (Å²) in [4.78, 5) is 17.6. The van der Waals surface area contributed by atoms with E-state index in [0.29, 0.717) is 25.6 Å². The topological polar surface area (TPSA) is 58.4 Å². The van der Waals surface area contributed by atoms with E-state index in [2.05, 4.69) is 4.98 Å². The smallest absolute Gasteiger partial charge is 0.224 e. The third-order valence-electron chi connectivity index (χ3n) is 2.79. The number of aryl methyl sites for hydroxylation is 1. The second-order valence-electron chi connectivity index (χ2n) is 4.09. The van der Waals surface area contributed by atoms with Crippen LogP contribution in [0.2, 0.25) is 0 Å². The molecule has 0 bridgehead atoms. The lowest BCUT2D eigenvalue weighted by molar-refractivity contribution is -0.132. The van der Waals surface area contributed by atoms with Crippen LogP contribution in [0.15, 0.2) is 18.7 Å². The molecule has 1 amide bonds. The Morgan fingerprint density at radius 3 is 2.94 bits per heavy atom. The highest BCUT2D eigenvalue weighted by atomic mass is 16.3. The molecule has 1 heterocycles. The van der Waals surface area contributed by atoms with Gasteiger partial charge in [0, 0.05) is 37.9 Å². The molecule has 0 aromatic carbocycles. The SMILES string of the molecule is O=C(CCn1ccnc1)N(CCO)C1CC1. The van der Waals surface area contributed by atoms with Crippen molar-refractivity contribution in [2.75, 3.05) is 13.2 Å². The zero-order valence-electron chi connectivity index (χ0n) is 9.25. The van der Waals surface area contributed by atoms with Crippen molar-refractivity contribution in [3.8, 4) is 0 Å². The van der Waals surface area contributed by atoms with Crippen molar-refractivity contribution in [2.24, 2.45) is 0 Å². The highest BCUT2D eigenvalue weighted by molar-refractivity contribution is 5.76. The zero-order chi connectivity index (χ0) is 11.4. The Morgan fingerprint density at radius 1 is 1.56 bits per heavy atom. The molecule has 5 nitrogen and oxygen atoms in total. The minimum absolute atomic E-state index is 0.0489. The van der Waals surface area contributed by atoms with Gasteiger partial charge in [-0.15, -0.1) is 0 Å². The summed E-state index contributed by atoms with van der Waals surface area (Å²) in [5.41, 5.74) is 0. The third kappa shape index (κ3) is 2.82. The van der Waals surface area contributed by atoms with Gasteiger partial charge in [0.25, 0.3) is 0 Å². The molecule has 16 heavy (non-hydrogen) atoms. The van der Waals surface area contributed by atoms with Crippen molar-refractivity contribution in [2.45, 2.75) is 31.8 Å². The van der Waals surface area contributed by atoms with Crippen molar-refractivity contribution in [3.63, 3.8) is 0 Å². The standard InChI is InChI=1S/C11H17N3O2/c15-8-7-14(10-1-2-10)11(16)3-5-13-6-4-12-9-13/h4,6,9-10,15H,1-3,5,7-8H2. The number of carbonyl (C=O) groups excluding carboxylic acids is 1. The van der Waals surface area contributed by atoms with Crippen LogP contribution in [0.3, 0.4) is 0 Å². The van der Waals surface area contributed by atoms with Crippen LogP contribution in [-0.2, 0) is 11.3 Å². The molecule has 0 atom stereocenters. The summed E-state index contributed by atoms with van der Waals surface area (Å²) < 4.78 is 1.89. The summed E-state index contributed by atoms with van der Waals surface area (Å²) in [7, 11) is 0. The van der Waals surface area contributed by atoms with Gasteiger partial charge in [-0.05, 0) is 12.8 Å². The molecule has 88 valence electrons. The van der Waals surface area contributed by atoms with Crippen LogP contribution in [0.1, 0.15) is 19.3 Å². The first-order valence-electron chi connectivity index (χ1n) is 5.67. The van der Waals surface area contributed by atoms with Crippen molar-refractivity contribution in [1.82, 2.24) is 14.5 Å². The van der Waals surface area contributed by atoms with E-state index in [-0.39, 0.29) is 12.5 Å². The van der Waals surface area contributed by atoms with Gasteiger partial charge in [0.15, 0.2) is 0 Å². The van der Waals surface area contributed by atoms with Crippen LogP contribution in [-0.4, -0.2) is 44.7 Å². The van der Waals surface area contributed by atoms with Gasteiger partial charge in [-0.1, -0.05) is 0 Å². The summed E-state index contributed by atoms with van der Waals surface area (Å²) in [6.45, 7) is 1.17. The van der Waals surface area contributed by atoms with E-state index in [0.717, 1.165) is 12.8 Å². The fourth-order valence-corrected chi connectivity index (χ4v) is 1.79. The molecule has 0 aliphatic heterocycles. The maximum atomic E-state index is 11.9. The van der Waals surface area contributed by atoms with Crippen molar-refractivity contribution in [1.29, 1.82) is 0 Å². The number of nitrogens with zero attached hydrogens (tertiary/aromatic N) is 3. The van der Waals surface area contributed by atoms with Gasteiger partial charge in [0.2, 0.25) is 5.91 Å². The molecular formula is C11H17N3O2. The molecule has 1 N–H and O–H groups in total. The molecule has 1 fully saturated rings. The molecule has 1 aromatic rings. The second-order valence-corrected chi connectivity index (χ2v) is 4.09. The Morgan fingerprint density at radius 2 is 2.38 bits per heavy atom. The monoisotopic (exact) mass is 223 g/mol. The lowest BCUT2D eigenvalue weighted by Gasteiger charge is -2.21. The Kier molecular flexibility index (Phi) is 3.56. The first kappa shape index (κ1) is 11.1. The molecule has 0 spiro atoms. The molecular weight excluding hydrogens is 206 g/mol. The van der Waals surface area contributed by atoms with E-state index >= 15 is 0 Å². The van der Waals surface area contributed by atoms with Crippen molar-refractivity contribution < 1.29 is 9.90 Å². The van der Waals surface area contributed by atoms with E-state index in [9.17, 15) is 4.79 Å². The molecule has 1 aliphatic rings. The predicted molar refractivity (Wildman–Crippen MR) is 58.7 cm³/mol. The van der Waals surface area contributed by atoms with E-state index in [1.807, 2.05) is 10.8 Å². The quantitative estimate of drug-likeness (QED) is 0.752. The van der Waals surface area contributed by atoms with Gasteiger partial charge in [0.1, 0.15) is 0 Å². The molecule has 1 aliphatic carbocycles. The summed E-state index contributed by atoms with van der Waals surface area (Å²) in [6.07, 6.45) is 7.90. The Hall–Kier alpha value is -1.36. The number of imidazole rings is 1. The lowest BCUT2D eigenvalue weighted by Crippen LogP contribution is -2.35. The van der Waals surface area contributed by atoms with Crippen LogP contribution >= 0.6 is 0 Å². The molecule has 2 rings (SSSR count). The Balaban J connectivity index is 1.81. The maximum Gasteiger partial charge on any atom is 0.224 e. The minimum Gasteiger partial charge on any atom is -0.395 e. The Labute approximate surface area is 94.7 Å². The fraction of sp³-hybridized carbons (Fsp3) is 0.636. The average Bonchev–Trinajstić information content (AvgIpc) is 2.99. The summed E-state index contributed by atoms with van der Waals surface area (Å²) >= 11 is 0. The van der Waals surface area contributed by atoms with Gasteiger partial charge in [-0.25, -0.2) is 4.98 Å². The van der Waals surface area contributed by atoms with E-state index in [4.69, 9.17) is 5.11 Å². The third-order valence-corrected chi connectivity index (χ3v) is 2.79.